The minimum atomic E-state index is 0.912. The highest BCUT2D eigenvalue weighted by atomic mass is 32.1. The van der Waals surface area contributed by atoms with E-state index < -0.39 is 0 Å². The van der Waals surface area contributed by atoms with E-state index in [4.69, 9.17) is 0 Å². The molecule has 0 rings (SSSR count). The number of hydrogen-bond donors (Lipinski definition) is 0. The van der Waals surface area contributed by atoms with Crippen LogP contribution in [0.1, 0.15) is 13.8 Å². The molecule has 0 aromatic rings. The van der Waals surface area contributed by atoms with E-state index in [0.29, 0.717) is 0 Å². The van der Waals surface area contributed by atoms with Crippen molar-refractivity contribution >= 4 is 17.4 Å². The lowest BCUT2D eigenvalue weighted by atomic mass is 10.5. The molecule has 0 radical (unpaired) electrons. The second-order valence-corrected chi connectivity index (χ2v) is 1.32. The third-order valence-electron chi connectivity index (χ3n) is 0.640. The fourth-order valence-corrected chi connectivity index (χ4v) is 0.281. The van der Waals surface area contributed by atoms with E-state index >= 15 is 0 Å². The summed E-state index contributed by atoms with van der Waals surface area (Å²) in [5, 5.41) is 2.26. The topological polar surface area (TPSA) is 12.4 Å². The summed E-state index contributed by atoms with van der Waals surface area (Å²) in [5.74, 6) is 0. The zero-order chi connectivity index (χ0) is 5.70. The van der Waals surface area contributed by atoms with E-state index in [2.05, 4.69) is 22.4 Å². The van der Waals surface area contributed by atoms with Crippen LogP contribution in [0.15, 0.2) is 16.8 Å². The van der Waals surface area contributed by atoms with E-state index in [1.54, 1.807) is 0 Å². The zero-order valence-electron chi connectivity index (χ0n) is 4.43. The van der Waals surface area contributed by atoms with E-state index in [0.717, 1.165) is 5.70 Å². The van der Waals surface area contributed by atoms with Crippen LogP contribution in [0.4, 0.5) is 0 Å². The number of rotatable bonds is 1. The van der Waals surface area contributed by atoms with Gasteiger partial charge in [0.05, 0.1) is 5.16 Å². The SMILES string of the molecule is C/C=C(/C)N=C=S. The maximum atomic E-state index is 4.34. The highest BCUT2D eigenvalue weighted by Crippen LogP contribution is 1.88. The van der Waals surface area contributed by atoms with Crippen molar-refractivity contribution in [2.24, 2.45) is 4.99 Å². The molecule has 0 aliphatic carbocycles. The van der Waals surface area contributed by atoms with Gasteiger partial charge < -0.3 is 0 Å². The van der Waals surface area contributed by atoms with Gasteiger partial charge in [0.2, 0.25) is 0 Å². The Morgan fingerprint density at radius 2 is 2.43 bits per heavy atom. The molecule has 0 fully saturated rings. The molecule has 0 amide bonds. The average Bonchev–Trinajstić information content (AvgIpc) is 1.68. The van der Waals surface area contributed by atoms with Crippen molar-refractivity contribution in [1.29, 1.82) is 0 Å². The Hall–Kier alpha value is -0.460. The lowest BCUT2D eigenvalue weighted by Gasteiger charge is -1.77. The van der Waals surface area contributed by atoms with Crippen molar-refractivity contribution in [2.75, 3.05) is 0 Å². The smallest absolute Gasteiger partial charge is 0.0637 e. The molecular formula is C5H7NS. The van der Waals surface area contributed by atoms with Crippen LogP contribution in [0.3, 0.4) is 0 Å². The Bertz CT molecular complexity index is 120. The molecule has 0 spiro atoms. The van der Waals surface area contributed by atoms with E-state index in [9.17, 15) is 0 Å². The number of hydrogen-bond acceptors (Lipinski definition) is 2. The number of isothiocyanates is 1. The van der Waals surface area contributed by atoms with Gasteiger partial charge in [-0.05, 0) is 26.1 Å². The highest BCUT2D eigenvalue weighted by Gasteiger charge is 1.70. The Morgan fingerprint density at radius 1 is 1.86 bits per heavy atom. The fraction of sp³-hybridized carbons (Fsp3) is 0.400. The van der Waals surface area contributed by atoms with Crippen LogP contribution in [0, 0.1) is 0 Å². The molecule has 7 heavy (non-hydrogen) atoms. The summed E-state index contributed by atoms with van der Waals surface area (Å²) in [5.41, 5.74) is 0.912. The molecular weight excluding hydrogens is 106 g/mol. The van der Waals surface area contributed by atoms with Crippen molar-refractivity contribution in [3.63, 3.8) is 0 Å². The first-order valence-electron chi connectivity index (χ1n) is 2.02. The van der Waals surface area contributed by atoms with Crippen molar-refractivity contribution < 1.29 is 0 Å². The van der Waals surface area contributed by atoms with Crippen LogP contribution in [-0.4, -0.2) is 5.16 Å². The third-order valence-corrected chi connectivity index (χ3v) is 0.731. The maximum Gasteiger partial charge on any atom is 0.0637 e. The molecule has 0 aliphatic heterocycles. The number of aliphatic imine (C=N–C) groups is 1. The normalized spacial score (nSPS) is 10.3. The molecule has 0 aromatic carbocycles. The minimum absolute atomic E-state index is 0.912. The first-order chi connectivity index (χ1) is 3.31. The molecule has 0 saturated heterocycles. The van der Waals surface area contributed by atoms with Gasteiger partial charge >= 0.3 is 0 Å². The quantitative estimate of drug-likeness (QED) is 0.374. The highest BCUT2D eigenvalue weighted by molar-refractivity contribution is 7.78. The molecule has 38 valence electrons. The summed E-state index contributed by atoms with van der Waals surface area (Å²) in [4.78, 5) is 3.67. The van der Waals surface area contributed by atoms with Crippen LogP contribution in [0.25, 0.3) is 0 Å². The molecule has 0 atom stereocenters. The van der Waals surface area contributed by atoms with Crippen LogP contribution in [0.2, 0.25) is 0 Å². The maximum absolute atomic E-state index is 4.34. The van der Waals surface area contributed by atoms with Gasteiger partial charge in [-0.15, -0.1) is 0 Å². The fourth-order valence-electron chi connectivity index (χ4n) is 0.137. The predicted molar refractivity (Wildman–Crippen MR) is 34.5 cm³/mol. The molecule has 0 unspecified atom stereocenters. The molecule has 0 aromatic heterocycles. The summed E-state index contributed by atoms with van der Waals surface area (Å²) in [6.45, 7) is 3.78. The Morgan fingerprint density at radius 3 is 2.57 bits per heavy atom. The summed E-state index contributed by atoms with van der Waals surface area (Å²) < 4.78 is 0. The zero-order valence-corrected chi connectivity index (χ0v) is 5.25. The summed E-state index contributed by atoms with van der Waals surface area (Å²) in [6.07, 6.45) is 1.87. The van der Waals surface area contributed by atoms with Crippen molar-refractivity contribution in [1.82, 2.24) is 0 Å². The van der Waals surface area contributed by atoms with Gasteiger partial charge in [-0.3, -0.25) is 0 Å². The Labute approximate surface area is 48.8 Å². The number of allylic oxidation sites excluding steroid dienone is 2. The second kappa shape index (κ2) is 3.72. The Balaban J connectivity index is 3.82. The first kappa shape index (κ1) is 6.54. The number of thiocarbonyl (C=S) groups is 1. The van der Waals surface area contributed by atoms with Gasteiger partial charge in [-0.25, -0.2) is 0 Å². The van der Waals surface area contributed by atoms with Gasteiger partial charge in [0.15, 0.2) is 0 Å². The van der Waals surface area contributed by atoms with E-state index in [1.807, 2.05) is 19.9 Å². The van der Waals surface area contributed by atoms with Gasteiger partial charge in [-0.1, -0.05) is 6.08 Å². The van der Waals surface area contributed by atoms with Gasteiger partial charge in [0.1, 0.15) is 0 Å². The molecule has 0 N–H and O–H groups in total. The van der Waals surface area contributed by atoms with E-state index in [1.165, 1.54) is 0 Å². The molecule has 0 bridgehead atoms. The van der Waals surface area contributed by atoms with Crippen molar-refractivity contribution in [2.45, 2.75) is 13.8 Å². The largest absolute Gasteiger partial charge is 0.200 e. The van der Waals surface area contributed by atoms with Gasteiger partial charge in [-0.2, -0.15) is 4.99 Å². The second-order valence-electron chi connectivity index (χ2n) is 1.13. The monoisotopic (exact) mass is 113 g/mol. The van der Waals surface area contributed by atoms with E-state index in [-0.39, 0.29) is 0 Å². The van der Waals surface area contributed by atoms with Crippen LogP contribution >= 0.6 is 12.2 Å². The molecule has 0 aliphatic rings. The van der Waals surface area contributed by atoms with Crippen LogP contribution in [-0.2, 0) is 0 Å². The lowest BCUT2D eigenvalue weighted by Crippen LogP contribution is -1.60. The third kappa shape index (κ3) is 3.37. The average molecular weight is 113 g/mol. The summed E-state index contributed by atoms with van der Waals surface area (Å²) >= 11 is 4.34. The summed E-state index contributed by atoms with van der Waals surface area (Å²) in [6, 6.07) is 0. The molecule has 2 heteroatoms. The standard InChI is InChI=1S/C5H7NS/c1-3-5(2)6-4-7/h3H,1-2H3/b5-3-. The Kier molecular flexibility index (Phi) is 3.48. The molecule has 0 heterocycles. The predicted octanol–water partition coefficient (Wildman–Crippen LogP) is 2.01. The molecule has 1 nitrogen and oxygen atoms in total. The first-order valence-corrected chi connectivity index (χ1v) is 2.43. The number of nitrogens with zero attached hydrogens (tertiary/aromatic N) is 1. The van der Waals surface area contributed by atoms with Crippen LogP contribution < -0.4 is 0 Å². The van der Waals surface area contributed by atoms with Gasteiger partial charge in [0, 0.05) is 5.70 Å². The van der Waals surface area contributed by atoms with Crippen molar-refractivity contribution in [3.05, 3.63) is 11.8 Å². The van der Waals surface area contributed by atoms with Crippen LogP contribution in [0.5, 0.6) is 0 Å². The minimum Gasteiger partial charge on any atom is -0.200 e. The lowest BCUT2D eigenvalue weighted by molar-refractivity contribution is 1.30. The molecule has 0 saturated carbocycles. The summed E-state index contributed by atoms with van der Waals surface area (Å²) in [7, 11) is 0. The van der Waals surface area contributed by atoms with Gasteiger partial charge in [0.25, 0.3) is 0 Å². The van der Waals surface area contributed by atoms with Crippen molar-refractivity contribution in [3.8, 4) is 0 Å².